The Balaban J connectivity index is 2.56. The summed E-state index contributed by atoms with van der Waals surface area (Å²) in [5, 5.41) is 18.5. The van der Waals surface area contributed by atoms with Crippen molar-refractivity contribution in [1.82, 2.24) is 0 Å². The van der Waals surface area contributed by atoms with Crippen LogP contribution >= 0.6 is 11.6 Å². The van der Waals surface area contributed by atoms with Crippen LogP contribution < -0.4 is 5.73 Å². The van der Waals surface area contributed by atoms with Crippen LogP contribution in [-0.4, -0.2) is 27.9 Å². The van der Waals surface area contributed by atoms with Crippen molar-refractivity contribution in [3.8, 4) is 0 Å². The van der Waals surface area contributed by atoms with Gasteiger partial charge in [-0.05, 0) is 24.3 Å². The Morgan fingerprint density at radius 3 is 2.41 bits per heavy atom. The highest BCUT2D eigenvalue weighted by atomic mass is 35.5. The van der Waals surface area contributed by atoms with Crippen LogP contribution in [0.25, 0.3) is 0 Å². The summed E-state index contributed by atoms with van der Waals surface area (Å²) in [4.78, 5) is 0. The third kappa shape index (κ3) is 3.96. The first-order valence-electron chi connectivity index (χ1n) is 5.76. The van der Waals surface area contributed by atoms with Crippen LogP contribution in [0.2, 0.25) is 0 Å². The van der Waals surface area contributed by atoms with Crippen LogP contribution in [0.3, 0.4) is 0 Å². The summed E-state index contributed by atoms with van der Waals surface area (Å²) >= 11 is 5.59. The third-order valence-corrected chi connectivity index (χ3v) is 3.61. The molecule has 1 rings (SSSR count). The predicted octanol–water partition coefficient (Wildman–Crippen LogP) is 1.82. The lowest BCUT2D eigenvalue weighted by Gasteiger charge is -2.29. The second kappa shape index (κ2) is 6.36. The van der Waals surface area contributed by atoms with Gasteiger partial charge >= 0.3 is 0 Å². The Bertz CT molecular complexity index is 331. The Labute approximate surface area is 107 Å². The van der Waals surface area contributed by atoms with E-state index in [4.69, 9.17) is 22.4 Å². The smallest absolute Gasteiger partial charge is 0.148 e. The molecule has 96 valence electrons. The minimum Gasteiger partial charge on any atom is -0.394 e. The van der Waals surface area contributed by atoms with Crippen molar-refractivity contribution < 1.29 is 10.2 Å². The molecule has 0 saturated carbocycles. The van der Waals surface area contributed by atoms with Gasteiger partial charge in [0.15, 0.2) is 0 Å². The van der Waals surface area contributed by atoms with Crippen LogP contribution in [-0.2, 0) is 0 Å². The molecule has 1 aromatic carbocycles. The van der Waals surface area contributed by atoms with Crippen LogP contribution in [0.5, 0.6) is 0 Å². The van der Waals surface area contributed by atoms with E-state index in [-0.39, 0.29) is 6.61 Å². The Morgan fingerprint density at radius 2 is 1.94 bits per heavy atom. The monoisotopic (exact) mass is 257 g/mol. The lowest BCUT2D eigenvalue weighted by atomic mass is 9.88. The summed E-state index contributed by atoms with van der Waals surface area (Å²) in [6.45, 7) is 1.77. The van der Waals surface area contributed by atoms with Gasteiger partial charge in [0, 0.05) is 0 Å². The molecule has 0 aromatic heterocycles. The maximum absolute atomic E-state index is 9.34. The Morgan fingerprint density at radius 1 is 1.35 bits per heavy atom. The van der Waals surface area contributed by atoms with Crippen LogP contribution in [0.1, 0.15) is 31.2 Å². The van der Waals surface area contributed by atoms with Gasteiger partial charge in [0.2, 0.25) is 0 Å². The fraction of sp³-hybridized carbons (Fsp3) is 0.538. The average Bonchev–Trinajstić information content (AvgIpc) is 2.36. The van der Waals surface area contributed by atoms with Crippen LogP contribution in [0.15, 0.2) is 30.3 Å². The maximum atomic E-state index is 9.34. The largest absolute Gasteiger partial charge is 0.394 e. The minimum absolute atomic E-state index is 0.320. The summed E-state index contributed by atoms with van der Waals surface area (Å²) in [6, 6.07) is 10.1. The van der Waals surface area contributed by atoms with E-state index in [2.05, 4.69) is 19.1 Å². The van der Waals surface area contributed by atoms with Gasteiger partial charge in [-0.3, -0.25) is 0 Å². The maximum Gasteiger partial charge on any atom is 0.148 e. The number of aliphatic hydroxyl groups is 2. The van der Waals surface area contributed by atoms with Gasteiger partial charge in [0.1, 0.15) is 5.56 Å². The van der Waals surface area contributed by atoms with E-state index in [9.17, 15) is 5.11 Å². The molecular formula is C13H20ClNO2. The van der Waals surface area contributed by atoms with Crippen molar-refractivity contribution in [3.05, 3.63) is 35.9 Å². The van der Waals surface area contributed by atoms with Crippen LogP contribution in [0.4, 0.5) is 0 Å². The van der Waals surface area contributed by atoms with Crippen molar-refractivity contribution >= 4 is 11.6 Å². The van der Waals surface area contributed by atoms with E-state index in [1.165, 1.54) is 5.56 Å². The molecule has 1 aromatic rings. The summed E-state index contributed by atoms with van der Waals surface area (Å²) in [6.07, 6.45) is 1.25. The van der Waals surface area contributed by atoms with Gasteiger partial charge in [-0.15, -0.1) is 0 Å². The molecule has 0 aliphatic carbocycles. The first-order chi connectivity index (χ1) is 7.99. The molecule has 0 spiro atoms. The van der Waals surface area contributed by atoms with Crippen molar-refractivity contribution in [2.24, 2.45) is 5.73 Å². The molecule has 0 aliphatic rings. The van der Waals surface area contributed by atoms with Crippen molar-refractivity contribution in [1.29, 1.82) is 0 Å². The number of hydrogen-bond donors (Lipinski definition) is 3. The Kier molecular flexibility index (Phi) is 5.40. The van der Waals surface area contributed by atoms with Gasteiger partial charge < -0.3 is 15.9 Å². The summed E-state index contributed by atoms with van der Waals surface area (Å²) < 4.78 is 0. The summed E-state index contributed by atoms with van der Waals surface area (Å²) in [5.74, 6) is 0.320. The van der Waals surface area contributed by atoms with Crippen molar-refractivity contribution in [2.45, 2.75) is 36.8 Å². The third-order valence-electron chi connectivity index (χ3n) is 3.18. The zero-order chi connectivity index (χ0) is 12.9. The predicted molar refractivity (Wildman–Crippen MR) is 70.0 cm³/mol. The normalized spacial score (nSPS) is 18.4. The second-order valence-electron chi connectivity index (χ2n) is 4.58. The van der Waals surface area contributed by atoms with Gasteiger partial charge in [0.05, 0.1) is 12.1 Å². The van der Waals surface area contributed by atoms with E-state index in [0.717, 1.165) is 6.42 Å². The van der Waals surface area contributed by atoms with Crippen molar-refractivity contribution in [3.63, 3.8) is 0 Å². The van der Waals surface area contributed by atoms with E-state index in [1.54, 1.807) is 0 Å². The zero-order valence-corrected chi connectivity index (χ0v) is 10.8. The molecular weight excluding hydrogens is 238 g/mol. The molecule has 3 unspecified atom stereocenters. The zero-order valence-electron chi connectivity index (χ0n) is 10.0. The summed E-state index contributed by atoms with van der Waals surface area (Å²) in [7, 11) is 0. The number of benzene rings is 1. The number of rotatable bonds is 6. The fourth-order valence-electron chi connectivity index (χ4n) is 1.71. The number of halogens is 1. The highest BCUT2D eigenvalue weighted by Crippen LogP contribution is 2.25. The molecule has 4 N–H and O–H groups in total. The van der Waals surface area contributed by atoms with E-state index in [0.29, 0.717) is 12.3 Å². The Hall–Kier alpha value is -0.610. The molecule has 0 saturated heterocycles. The number of nitrogens with two attached hydrogens (primary N) is 1. The molecule has 0 radical (unpaired) electrons. The van der Waals surface area contributed by atoms with Gasteiger partial charge in [-0.2, -0.15) is 0 Å². The van der Waals surface area contributed by atoms with Gasteiger partial charge in [0.25, 0.3) is 0 Å². The average molecular weight is 258 g/mol. The highest BCUT2D eigenvalue weighted by Gasteiger charge is 2.31. The summed E-state index contributed by atoms with van der Waals surface area (Å²) in [5.41, 5.74) is 4.71. The molecule has 0 fully saturated rings. The topological polar surface area (TPSA) is 66.5 Å². The molecule has 3 nitrogen and oxygen atoms in total. The molecule has 3 atom stereocenters. The number of alkyl halides is 1. The number of hydrogen-bond acceptors (Lipinski definition) is 3. The molecule has 4 heteroatoms. The lowest BCUT2D eigenvalue weighted by Crippen LogP contribution is -2.51. The molecule has 0 heterocycles. The standard InChI is InChI=1S/C13H20ClNO2/c1-10(11-5-3-2-4-6-11)7-8-13(15,9-16)12(14)17/h2-6,10,12,16-17H,7-9,15H2,1H3. The number of aliphatic hydroxyl groups excluding tert-OH is 2. The van der Waals surface area contributed by atoms with Gasteiger partial charge in [-0.25, -0.2) is 0 Å². The van der Waals surface area contributed by atoms with E-state index in [1.807, 2.05) is 18.2 Å². The SMILES string of the molecule is CC(CCC(N)(CO)C(O)Cl)c1ccccc1. The minimum atomic E-state index is -1.23. The van der Waals surface area contributed by atoms with E-state index < -0.39 is 11.1 Å². The van der Waals surface area contributed by atoms with E-state index >= 15 is 0 Å². The quantitative estimate of drug-likeness (QED) is 0.681. The first kappa shape index (κ1) is 14.5. The van der Waals surface area contributed by atoms with Crippen molar-refractivity contribution in [2.75, 3.05) is 6.61 Å². The molecule has 0 aliphatic heterocycles. The molecule has 17 heavy (non-hydrogen) atoms. The second-order valence-corrected chi connectivity index (χ2v) is 4.99. The fourth-order valence-corrected chi connectivity index (χ4v) is 1.89. The van der Waals surface area contributed by atoms with Gasteiger partial charge in [-0.1, -0.05) is 48.9 Å². The lowest BCUT2D eigenvalue weighted by molar-refractivity contribution is 0.0858. The molecule has 0 bridgehead atoms. The molecule has 0 amide bonds. The highest BCUT2D eigenvalue weighted by molar-refractivity contribution is 6.20. The van der Waals surface area contributed by atoms with Crippen LogP contribution in [0, 0.1) is 0 Å². The first-order valence-corrected chi connectivity index (χ1v) is 6.20.